The highest BCUT2D eigenvalue weighted by molar-refractivity contribution is 6.30. The average molecular weight is 373 g/mol. The van der Waals surface area contributed by atoms with Gasteiger partial charge in [-0.2, -0.15) is 0 Å². The fraction of sp³-hybridized carbons (Fsp3) is 0.625. The van der Waals surface area contributed by atoms with Crippen LogP contribution in [0.5, 0.6) is 5.75 Å². The highest BCUT2D eigenvalue weighted by atomic mass is 16.5. The summed E-state index contributed by atoms with van der Waals surface area (Å²) < 4.78 is 12.0. The first kappa shape index (κ1) is 24.1. The Morgan fingerprint density at radius 2 is 1.73 bits per heavy atom. The Morgan fingerprint density at radius 3 is 2.19 bits per heavy atom. The van der Waals surface area contributed by atoms with Crippen LogP contribution >= 0.6 is 0 Å². The summed E-state index contributed by atoms with van der Waals surface area (Å²) in [5.74, 6) is 0.105. The quantitative estimate of drug-likeness (QED) is 0.377. The van der Waals surface area contributed by atoms with Gasteiger partial charge < -0.3 is 34.2 Å². The number of nitrogens with zero attached hydrogens (tertiary/aromatic N) is 1. The largest absolute Gasteiger partial charge is 0.631 e. The molecule has 4 N–H and O–H groups in total. The van der Waals surface area contributed by atoms with Gasteiger partial charge in [-0.05, 0) is 40.7 Å². The maximum atomic E-state index is 11.8. The van der Waals surface area contributed by atoms with Gasteiger partial charge in [-0.3, -0.25) is 9.59 Å². The molecule has 9 nitrogen and oxygen atoms in total. The molecule has 0 aromatic carbocycles. The summed E-state index contributed by atoms with van der Waals surface area (Å²) >= 11 is 0. The molecule has 0 fully saturated rings. The topological polar surface area (TPSA) is 138 Å². The molecule has 1 rings (SSSR count). The number of aromatic nitrogens is 1. The number of esters is 1. The summed E-state index contributed by atoms with van der Waals surface area (Å²) in [6.45, 7) is 9.11. The molecule has 0 bridgehead atoms. The van der Waals surface area contributed by atoms with E-state index in [9.17, 15) is 14.7 Å². The van der Waals surface area contributed by atoms with E-state index in [-0.39, 0.29) is 24.5 Å². The zero-order valence-corrected chi connectivity index (χ0v) is 15.8. The Bertz CT molecular complexity index is 619. The van der Waals surface area contributed by atoms with Crippen LogP contribution in [0, 0.1) is 0 Å². The third kappa shape index (κ3) is 9.00. The average Bonchev–Trinajstić information content (AvgIpc) is 2.46. The van der Waals surface area contributed by atoms with Crippen molar-refractivity contribution in [2.24, 2.45) is 0 Å². The molecular weight excluding hydrogens is 345 g/mol. The number of carbonyl (C=O) groups excluding carboxylic acids is 1. The molecule has 0 aliphatic carbocycles. The third-order valence-electron chi connectivity index (χ3n) is 3.66. The number of aryl methyl sites for hydroxylation is 1. The Hall–Kier alpha value is -1.88. The fourth-order valence-electron chi connectivity index (χ4n) is 1.61. The van der Waals surface area contributed by atoms with Crippen LogP contribution in [0.1, 0.15) is 41.0 Å². The molecule has 0 radical (unpaired) electrons. The van der Waals surface area contributed by atoms with Crippen molar-refractivity contribution in [2.75, 3.05) is 6.61 Å². The first-order valence-electron chi connectivity index (χ1n) is 8.12. The zero-order valence-electron chi connectivity index (χ0n) is 15.8. The maximum absolute atomic E-state index is 11.8. The van der Waals surface area contributed by atoms with Crippen LogP contribution < -0.4 is 10.3 Å². The molecular formula is C16H28BNO8. The molecule has 0 atom stereocenters. The Kier molecular flexibility index (Phi) is 9.57. The minimum absolute atomic E-state index is 0.117. The third-order valence-corrected chi connectivity index (χ3v) is 3.66. The number of hydrogen-bond donors (Lipinski definition) is 4. The first-order chi connectivity index (χ1) is 11.8. The van der Waals surface area contributed by atoms with Crippen molar-refractivity contribution < 1.29 is 34.4 Å². The Labute approximate surface area is 153 Å². The van der Waals surface area contributed by atoms with E-state index in [0.29, 0.717) is 12.4 Å². The normalized spacial score (nSPS) is 11.3. The van der Waals surface area contributed by atoms with E-state index in [0.717, 1.165) is 0 Å². The molecule has 0 saturated carbocycles. The lowest BCUT2D eigenvalue weighted by Gasteiger charge is -2.37. The summed E-state index contributed by atoms with van der Waals surface area (Å²) in [6.07, 6.45) is 1.65. The van der Waals surface area contributed by atoms with Crippen molar-refractivity contribution >= 4 is 13.3 Å². The molecule has 0 spiro atoms. The van der Waals surface area contributed by atoms with Gasteiger partial charge in [-0.15, -0.1) is 0 Å². The Balaban J connectivity index is 0.00000141. The molecule has 0 saturated heterocycles. The summed E-state index contributed by atoms with van der Waals surface area (Å²) in [4.78, 5) is 23.2. The zero-order chi connectivity index (χ0) is 20.5. The fourth-order valence-corrected chi connectivity index (χ4v) is 1.61. The molecule has 0 aliphatic heterocycles. The van der Waals surface area contributed by atoms with Crippen LogP contribution in [-0.4, -0.2) is 55.8 Å². The van der Waals surface area contributed by atoms with Crippen LogP contribution in [0.25, 0.3) is 0 Å². The van der Waals surface area contributed by atoms with Crippen molar-refractivity contribution in [1.82, 2.24) is 4.57 Å². The molecule has 10 heteroatoms. The van der Waals surface area contributed by atoms with Crippen molar-refractivity contribution in [3.63, 3.8) is 0 Å². The number of rotatable bonds is 7. The van der Waals surface area contributed by atoms with Gasteiger partial charge in [0, 0.05) is 18.8 Å². The van der Waals surface area contributed by atoms with Gasteiger partial charge in [0.25, 0.3) is 5.56 Å². The van der Waals surface area contributed by atoms with E-state index in [2.05, 4.69) is 0 Å². The number of aliphatic hydroxyl groups is 1. The Morgan fingerprint density at radius 1 is 1.19 bits per heavy atom. The second-order valence-electron chi connectivity index (χ2n) is 6.47. The summed E-state index contributed by atoms with van der Waals surface area (Å²) in [7, 11) is -2.17. The van der Waals surface area contributed by atoms with Crippen LogP contribution in [0.4, 0.5) is 0 Å². The molecule has 148 valence electrons. The highest BCUT2D eigenvalue weighted by Gasteiger charge is 2.37. The van der Waals surface area contributed by atoms with Crippen molar-refractivity contribution in [3.8, 4) is 5.75 Å². The van der Waals surface area contributed by atoms with Crippen LogP contribution in [-0.2, 0) is 16.1 Å². The summed E-state index contributed by atoms with van der Waals surface area (Å²) in [6, 6.07) is 2.93. The van der Waals surface area contributed by atoms with Gasteiger partial charge in [0.05, 0.1) is 18.6 Å². The van der Waals surface area contributed by atoms with Gasteiger partial charge in [-0.1, -0.05) is 0 Å². The SMILES string of the molecule is CCOC(=O)CCn1cc(OC(C)(C)C(C)(C)O)ccc1=O.OB(O)O. The molecule has 0 amide bonds. The molecule has 1 aromatic heterocycles. The van der Waals surface area contributed by atoms with E-state index in [1.165, 1.54) is 16.8 Å². The van der Waals surface area contributed by atoms with Gasteiger partial charge in [0.15, 0.2) is 0 Å². The van der Waals surface area contributed by atoms with E-state index in [1.54, 1.807) is 40.7 Å². The number of carbonyl (C=O) groups is 1. The van der Waals surface area contributed by atoms with E-state index in [4.69, 9.17) is 24.5 Å². The molecule has 26 heavy (non-hydrogen) atoms. The first-order valence-corrected chi connectivity index (χ1v) is 8.12. The standard InChI is InChI=1S/C16H25NO5.BH3O3/c1-6-21-14(19)9-10-17-11-12(7-8-13(17)18)22-16(4,5)15(2,3)20;2-1(3)4/h7-8,11,20H,6,9-10H2,1-5H3;2-4H. The summed E-state index contributed by atoms with van der Waals surface area (Å²) in [5.41, 5.74) is -2.12. The predicted octanol–water partition coefficient (Wildman–Crippen LogP) is -0.322. The summed E-state index contributed by atoms with van der Waals surface area (Å²) in [5, 5.41) is 31.6. The van der Waals surface area contributed by atoms with Crippen molar-refractivity contribution in [1.29, 1.82) is 0 Å². The van der Waals surface area contributed by atoms with Crippen LogP contribution in [0.2, 0.25) is 0 Å². The smallest absolute Gasteiger partial charge is 0.483 e. The van der Waals surface area contributed by atoms with Gasteiger partial charge in [-0.25, -0.2) is 0 Å². The number of pyridine rings is 1. The second-order valence-corrected chi connectivity index (χ2v) is 6.47. The number of hydrogen-bond acceptors (Lipinski definition) is 8. The van der Waals surface area contributed by atoms with Gasteiger partial charge in [0.1, 0.15) is 11.4 Å². The highest BCUT2D eigenvalue weighted by Crippen LogP contribution is 2.27. The lowest BCUT2D eigenvalue weighted by atomic mass is 9.89. The lowest BCUT2D eigenvalue weighted by Crippen LogP contribution is -2.49. The molecule has 1 aromatic rings. The molecule has 0 aliphatic rings. The minimum atomic E-state index is -2.17. The molecule has 1 heterocycles. The van der Waals surface area contributed by atoms with Crippen LogP contribution in [0.3, 0.4) is 0 Å². The van der Waals surface area contributed by atoms with Gasteiger partial charge >= 0.3 is 13.3 Å². The second kappa shape index (κ2) is 10.3. The monoisotopic (exact) mass is 373 g/mol. The molecule has 0 unspecified atom stereocenters. The van der Waals surface area contributed by atoms with Crippen LogP contribution in [0.15, 0.2) is 23.1 Å². The minimum Gasteiger partial charge on any atom is -0.483 e. The number of ether oxygens (including phenoxy) is 2. The van der Waals surface area contributed by atoms with Crippen molar-refractivity contribution in [3.05, 3.63) is 28.7 Å². The van der Waals surface area contributed by atoms with E-state index < -0.39 is 18.5 Å². The van der Waals surface area contributed by atoms with E-state index in [1.807, 2.05) is 0 Å². The van der Waals surface area contributed by atoms with Gasteiger partial charge in [0.2, 0.25) is 0 Å². The maximum Gasteiger partial charge on any atom is 0.631 e. The van der Waals surface area contributed by atoms with E-state index >= 15 is 0 Å². The van der Waals surface area contributed by atoms with Crippen molar-refractivity contribution in [2.45, 2.75) is 58.8 Å². The lowest BCUT2D eigenvalue weighted by molar-refractivity contribution is -0.143. The predicted molar refractivity (Wildman–Crippen MR) is 95.4 cm³/mol.